The first-order valence-corrected chi connectivity index (χ1v) is 8.28. The third-order valence-electron chi connectivity index (χ3n) is 4.38. The summed E-state index contributed by atoms with van der Waals surface area (Å²) in [6, 6.07) is 7.22. The number of halogens is 1. The molecule has 3 rings (SSSR count). The highest BCUT2D eigenvalue weighted by Crippen LogP contribution is 2.13. The molecule has 2 N–H and O–H groups in total. The number of rotatable bonds is 5. The molecule has 124 valence electrons. The molecule has 0 aliphatic carbocycles. The van der Waals surface area contributed by atoms with Crippen LogP contribution in [0.1, 0.15) is 12.0 Å². The highest BCUT2D eigenvalue weighted by atomic mass is 35.5. The van der Waals surface area contributed by atoms with E-state index < -0.39 is 0 Å². The largest absolute Gasteiger partial charge is 0.326 e. The number of carbonyl (C=O) groups is 2. The monoisotopic (exact) mass is 336 g/mol. The van der Waals surface area contributed by atoms with Crippen LogP contribution in [-0.4, -0.2) is 60.5 Å². The fourth-order valence-corrected chi connectivity index (χ4v) is 3.12. The lowest BCUT2D eigenvalue weighted by Crippen LogP contribution is -2.47. The van der Waals surface area contributed by atoms with Gasteiger partial charge in [0.2, 0.25) is 0 Å². The van der Waals surface area contributed by atoms with Crippen LogP contribution in [0.3, 0.4) is 0 Å². The molecule has 6 nitrogen and oxygen atoms in total. The van der Waals surface area contributed by atoms with Gasteiger partial charge in [-0.3, -0.25) is 15.0 Å². The lowest BCUT2D eigenvalue weighted by Gasteiger charge is -2.35. The van der Waals surface area contributed by atoms with E-state index in [0.717, 1.165) is 44.3 Å². The lowest BCUT2D eigenvalue weighted by molar-refractivity contribution is -0.120. The van der Waals surface area contributed by atoms with Crippen molar-refractivity contribution in [2.45, 2.75) is 19.0 Å². The number of urea groups is 1. The average molecular weight is 337 g/mol. The molecule has 1 atom stereocenters. The molecule has 2 aliphatic rings. The molecule has 0 radical (unpaired) electrons. The highest BCUT2D eigenvalue weighted by Gasteiger charge is 2.29. The Morgan fingerprint density at radius 1 is 1.04 bits per heavy atom. The Morgan fingerprint density at radius 2 is 1.70 bits per heavy atom. The van der Waals surface area contributed by atoms with Crippen molar-refractivity contribution in [1.82, 2.24) is 20.4 Å². The first-order valence-electron chi connectivity index (χ1n) is 7.91. The van der Waals surface area contributed by atoms with Crippen molar-refractivity contribution in [3.63, 3.8) is 0 Å². The van der Waals surface area contributed by atoms with Gasteiger partial charge in [0.15, 0.2) is 0 Å². The van der Waals surface area contributed by atoms with Gasteiger partial charge >= 0.3 is 6.03 Å². The molecular weight excluding hydrogens is 316 g/mol. The smallest absolute Gasteiger partial charge is 0.322 e. The number of imide groups is 1. The second kappa shape index (κ2) is 7.29. The van der Waals surface area contributed by atoms with Crippen LogP contribution >= 0.6 is 11.6 Å². The van der Waals surface area contributed by atoms with E-state index in [0.29, 0.717) is 6.42 Å². The fourth-order valence-electron chi connectivity index (χ4n) is 2.99. The number of hydrogen-bond donors (Lipinski definition) is 2. The van der Waals surface area contributed by atoms with Gasteiger partial charge in [0, 0.05) is 44.3 Å². The zero-order chi connectivity index (χ0) is 16.2. The van der Waals surface area contributed by atoms with E-state index >= 15 is 0 Å². The third kappa shape index (κ3) is 4.43. The topological polar surface area (TPSA) is 64.7 Å². The summed E-state index contributed by atoms with van der Waals surface area (Å²) in [5.41, 5.74) is 1.27. The predicted molar refractivity (Wildman–Crippen MR) is 88.2 cm³/mol. The molecule has 2 saturated heterocycles. The minimum Gasteiger partial charge on any atom is -0.326 e. The van der Waals surface area contributed by atoms with Crippen molar-refractivity contribution in [2.24, 2.45) is 0 Å². The van der Waals surface area contributed by atoms with Crippen LogP contribution in [-0.2, 0) is 11.3 Å². The minimum atomic E-state index is -0.382. The van der Waals surface area contributed by atoms with Crippen LogP contribution in [0.25, 0.3) is 0 Å². The van der Waals surface area contributed by atoms with Crippen molar-refractivity contribution >= 4 is 23.5 Å². The Labute approximate surface area is 140 Å². The molecule has 2 fully saturated rings. The Balaban J connectivity index is 1.39. The summed E-state index contributed by atoms with van der Waals surface area (Å²) in [5, 5.41) is 5.67. The van der Waals surface area contributed by atoms with Crippen molar-refractivity contribution < 1.29 is 9.59 Å². The van der Waals surface area contributed by atoms with E-state index in [1.54, 1.807) is 0 Å². The van der Waals surface area contributed by atoms with E-state index in [-0.39, 0.29) is 18.0 Å². The maximum atomic E-state index is 11.5. The first kappa shape index (κ1) is 16.2. The van der Waals surface area contributed by atoms with E-state index in [1.807, 2.05) is 12.1 Å². The summed E-state index contributed by atoms with van der Waals surface area (Å²) in [4.78, 5) is 27.4. The highest BCUT2D eigenvalue weighted by molar-refractivity contribution is 6.30. The van der Waals surface area contributed by atoms with Gasteiger partial charge in [-0.2, -0.15) is 0 Å². The summed E-state index contributed by atoms with van der Waals surface area (Å²) < 4.78 is 0. The molecule has 2 heterocycles. The third-order valence-corrected chi connectivity index (χ3v) is 4.63. The predicted octanol–water partition coefficient (Wildman–Crippen LogP) is 1.06. The van der Waals surface area contributed by atoms with Crippen molar-refractivity contribution in [1.29, 1.82) is 0 Å². The summed E-state index contributed by atoms with van der Waals surface area (Å²) in [7, 11) is 0. The summed E-state index contributed by atoms with van der Waals surface area (Å²) in [6.07, 6.45) is 0.661. The maximum absolute atomic E-state index is 11.5. The second-order valence-corrected chi connectivity index (χ2v) is 6.48. The molecule has 7 heteroatoms. The number of hydrogen-bond acceptors (Lipinski definition) is 4. The molecule has 0 saturated carbocycles. The van der Waals surface area contributed by atoms with E-state index in [1.165, 1.54) is 5.56 Å². The van der Waals surface area contributed by atoms with Gasteiger partial charge < -0.3 is 10.2 Å². The summed E-state index contributed by atoms with van der Waals surface area (Å²) in [6.45, 7) is 5.74. The molecule has 1 unspecified atom stereocenters. The van der Waals surface area contributed by atoms with Crippen LogP contribution in [0.2, 0.25) is 5.02 Å². The SMILES string of the molecule is O=C1NC(=O)C(CCN2CCN(Cc3ccc(Cl)cc3)CC2)N1. The van der Waals surface area contributed by atoms with Gasteiger partial charge in [-0.1, -0.05) is 23.7 Å². The Morgan fingerprint density at radius 3 is 2.30 bits per heavy atom. The number of piperazine rings is 1. The second-order valence-electron chi connectivity index (χ2n) is 6.05. The normalized spacial score (nSPS) is 22.9. The zero-order valence-electron chi connectivity index (χ0n) is 12.9. The molecule has 0 aromatic heterocycles. The first-order chi connectivity index (χ1) is 11.1. The Bertz CT molecular complexity index is 570. The summed E-state index contributed by atoms with van der Waals surface area (Å²) >= 11 is 5.91. The van der Waals surface area contributed by atoms with Gasteiger partial charge in [0.1, 0.15) is 6.04 Å². The molecule has 3 amide bonds. The quantitative estimate of drug-likeness (QED) is 0.789. The molecule has 2 aliphatic heterocycles. The number of carbonyl (C=O) groups excluding carboxylic acids is 2. The fraction of sp³-hybridized carbons (Fsp3) is 0.500. The van der Waals surface area contributed by atoms with Crippen LogP contribution in [0.15, 0.2) is 24.3 Å². The maximum Gasteiger partial charge on any atom is 0.322 e. The molecule has 0 spiro atoms. The molecule has 23 heavy (non-hydrogen) atoms. The van der Waals surface area contributed by atoms with E-state index in [2.05, 4.69) is 32.6 Å². The number of nitrogens with zero attached hydrogens (tertiary/aromatic N) is 2. The van der Waals surface area contributed by atoms with Crippen LogP contribution in [0.4, 0.5) is 4.79 Å². The van der Waals surface area contributed by atoms with Gasteiger partial charge in [0.05, 0.1) is 0 Å². The zero-order valence-corrected chi connectivity index (χ0v) is 13.7. The van der Waals surface area contributed by atoms with Gasteiger partial charge in [0.25, 0.3) is 5.91 Å². The minimum absolute atomic E-state index is 0.212. The van der Waals surface area contributed by atoms with Crippen molar-refractivity contribution in [3.05, 3.63) is 34.9 Å². The lowest BCUT2D eigenvalue weighted by atomic mass is 10.1. The van der Waals surface area contributed by atoms with Crippen molar-refractivity contribution in [2.75, 3.05) is 32.7 Å². The Hall–Kier alpha value is -1.63. The average Bonchev–Trinajstić information content (AvgIpc) is 2.87. The number of nitrogens with one attached hydrogen (secondary N) is 2. The summed E-state index contributed by atoms with van der Waals surface area (Å²) in [5.74, 6) is -0.212. The molecule has 1 aromatic carbocycles. The van der Waals surface area contributed by atoms with Crippen LogP contribution in [0.5, 0.6) is 0 Å². The van der Waals surface area contributed by atoms with Crippen LogP contribution < -0.4 is 10.6 Å². The van der Waals surface area contributed by atoms with Crippen molar-refractivity contribution in [3.8, 4) is 0 Å². The van der Waals surface area contributed by atoms with Gasteiger partial charge in [-0.25, -0.2) is 4.79 Å². The number of amides is 3. The molecule has 1 aromatic rings. The molecule has 0 bridgehead atoms. The number of benzene rings is 1. The van der Waals surface area contributed by atoms with E-state index in [4.69, 9.17) is 11.6 Å². The standard InChI is InChI=1S/C16H21ClN4O2/c17-13-3-1-12(2-4-13)11-21-9-7-20(8-10-21)6-5-14-15(22)19-16(23)18-14/h1-4,14H,5-11H2,(H2,18,19,22,23). The molecular formula is C16H21ClN4O2. The van der Waals surface area contributed by atoms with Gasteiger partial charge in [-0.15, -0.1) is 0 Å². The van der Waals surface area contributed by atoms with Crippen LogP contribution in [0, 0.1) is 0 Å². The van der Waals surface area contributed by atoms with E-state index in [9.17, 15) is 9.59 Å². The van der Waals surface area contributed by atoms with Gasteiger partial charge in [-0.05, 0) is 24.1 Å². The Kier molecular flexibility index (Phi) is 5.15.